The molecule has 0 radical (unpaired) electrons. The smallest absolute Gasteiger partial charge is 0.125 e. The van der Waals surface area contributed by atoms with Gasteiger partial charge in [0.05, 0.1) is 12.1 Å². The first-order valence-corrected chi connectivity index (χ1v) is 6.62. The van der Waals surface area contributed by atoms with E-state index in [-0.39, 0.29) is 12.1 Å². The topological polar surface area (TPSA) is 41.5 Å². The molecule has 0 aromatic heterocycles. The molecule has 1 atom stereocenters. The normalized spacial score (nSPS) is 18.4. The number of hydrogen-bond donors (Lipinski definition) is 2. The van der Waals surface area contributed by atoms with Gasteiger partial charge in [0, 0.05) is 6.04 Å². The number of para-hydroxylation sites is 1. The average molecular weight is 249 g/mol. The lowest BCUT2D eigenvalue weighted by atomic mass is 10.0. The van der Waals surface area contributed by atoms with Gasteiger partial charge in [-0.2, -0.15) is 0 Å². The summed E-state index contributed by atoms with van der Waals surface area (Å²) in [6.07, 6.45) is 2.41. The van der Waals surface area contributed by atoms with Crippen molar-refractivity contribution < 1.29 is 9.84 Å². The molecule has 2 rings (SSSR count). The van der Waals surface area contributed by atoms with Crippen molar-refractivity contribution in [2.75, 3.05) is 13.2 Å². The number of hydrogen-bond acceptors (Lipinski definition) is 3. The lowest BCUT2D eigenvalue weighted by Crippen LogP contribution is -2.51. The van der Waals surface area contributed by atoms with Crippen LogP contribution in [0.2, 0.25) is 0 Å². The molecule has 1 unspecified atom stereocenters. The number of aliphatic hydroxyl groups excluding tert-OH is 1. The summed E-state index contributed by atoms with van der Waals surface area (Å²) in [5.41, 5.74) is 1.93. The number of nitrogens with one attached hydrogen (secondary N) is 1. The largest absolute Gasteiger partial charge is 0.491 e. The van der Waals surface area contributed by atoms with E-state index in [4.69, 9.17) is 4.74 Å². The van der Waals surface area contributed by atoms with Gasteiger partial charge in [0.25, 0.3) is 0 Å². The van der Waals surface area contributed by atoms with Crippen LogP contribution in [0.25, 0.3) is 0 Å². The third kappa shape index (κ3) is 3.24. The lowest BCUT2D eigenvalue weighted by Gasteiger charge is -2.29. The van der Waals surface area contributed by atoms with Gasteiger partial charge in [-0.1, -0.05) is 18.2 Å². The van der Waals surface area contributed by atoms with Gasteiger partial charge in [-0.3, -0.25) is 0 Å². The van der Waals surface area contributed by atoms with E-state index >= 15 is 0 Å². The molecule has 18 heavy (non-hydrogen) atoms. The zero-order valence-corrected chi connectivity index (χ0v) is 11.5. The number of aryl methyl sites for hydroxylation is 2. The molecule has 1 aliphatic carbocycles. The van der Waals surface area contributed by atoms with Gasteiger partial charge in [0.15, 0.2) is 0 Å². The van der Waals surface area contributed by atoms with Gasteiger partial charge < -0.3 is 15.2 Å². The van der Waals surface area contributed by atoms with E-state index in [0.29, 0.717) is 12.6 Å². The van der Waals surface area contributed by atoms with Crippen molar-refractivity contribution in [3.63, 3.8) is 0 Å². The standard InChI is InChI=1S/C15H23NO2/c1-11-5-4-6-12(2)14(11)18-10-15(3,9-17)16-13-7-8-13/h4-6,13,16-17H,7-10H2,1-3H3. The van der Waals surface area contributed by atoms with Crippen LogP contribution >= 0.6 is 0 Å². The molecule has 2 N–H and O–H groups in total. The van der Waals surface area contributed by atoms with Gasteiger partial charge in [-0.05, 0) is 44.7 Å². The Labute approximate surface area is 109 Å². The van der Waals surface area contributed by atoms with E-state index in [1.165, 1.54) is 12.8 Å². The molecule has 0 saturated heterocycles. The van der Waals surface area contributed by atoms with E-state index in [9.17, 15) is 5.11 Å². The molecular formula is C15H23NO2. The molecule has 1 fully saturated rings. The van der Waals surface area contributed by atoms with Gasteiger partial charge in [0.1, 0.15) is 12.4 Å². The number of rotatable bonds is 6. The summed E-state index contributed by atoms with van der Waals surface area (Å²) in [5.74, 6) is 0.940. The van der Waals surface area contributed by atoms with Crippen LogP contribution in [0.1, 0.15) is 30.9 Å². The van der Waals surface area contributed by atoms with Crippen molar-refractivity contribution >= 4 is 0 Å². The Morgan fingerprint density at radius 2 is 1.94 bits per heavy atom. The minimum absolute atomic E-state index is 0.0917. The summed E-state index contributed by atoms with van der Waals surface area (Å²) in [6.45, 7) is 6.69. The molecule has 0 heterocycles. The predicted molar refractivity (Wildman–Crippen MR) is 73.1 cm³/mol. The molecule has 1 aliphatic rings. The zero-order chi connectivity index (χ0) is 13.2. The maximum Gasteiger partial charge on any atom is 0.125 e. The van der Waals surface area contributed by atoms with Gasteiger partial charge in [0.2, 0.25) is 0 Å². The fourth-order valence-electron chi connectivity index (χ4n) is 2.11. The maximum absolute atomic E-state index is 9.54. The van der Waals surface area contributed by atoms with Crippen molar-refractivity contribution in [1.29, 1.82) is 0 Å². The quantitative estimate of drug-likeness (QED) is 0.812. The van der Waals surface area contributed by atoms with Crippen LogP contribution in [0.3, 0.4) is 0 Å². The second-order valence-electron chi connectivity index (χ2n) is 5.65. The van der Waals surface area contributed by atoms with Crippen LogP contribution in [0.5, 0.6) is 5.75 Å². The monoisotopic (exact) mass is 249 g/mol. The zero-order valence-electron chi connectivity index (χ0n) is 11.5. The van der Waals surface area contributed by atoms with Crippen molar-refractivity contribution in [1.82, 2.24) is 5.32 Å². The lowest BCUT2D eigenvalue weighted by molar-refractivity contribution is 0.113. The van der Waals surface area contributed by atoms with Crippen LogP contribution in [-0.2, 0) is 0 Å². The van der Waals surface area contributed by atoms with Gasteiger partial charge in [-0.15, -0.1) is 0 Å². The Morgan fingerprint density at radius 3 is 2.44 bits per heavy atom. The number of benzene rings is 1. The second kappa shape index (κ2) is 5.29. The SMILES string of the molecule is Cc1cccc(C)c1OCC(C)(CO)NC1CC1. The van der Waals surface area contributed by atoms with E-state index in [2.05, 4.69) is 5.32 Å². The second-order valence-corrected chi connectivity index (χ2v) is 5.65. The highest BCUT2D eigenvalue weighted by Crippen LogP contribution is 2.25. The predicted octanol–water partition coefficient (Wildman–Crippen LogP) is 2.19. The van der Waals surface area contributed by atoms with Gasteiger partial charge >= 0.3 is 0 Å². The third-order valence-electron chi connectivity index (χ3n) is 3.42. The molecule has 100 valence electrons. The summed E-state index contributed by atoms with van der Waals surface area (Å²) < 4.78 is 5.93. The first-order chi connectivity index (χ1) is 8.54. The molecule has 1 aromatic rings. The minimum Gasteiger partial charge on any atom is -0.491 e. The summed E-state index contributed by atoms with van der Waals surface area (Å²) in [6, 6.07) is 6.69. The summed E-state index contributed by atoms with van der Waals surface area (Å²) in [7, 11) is 0. The van der Waals surface area contributed by atoms with E-state index < -0.39 is 0 Å². The molecule has 1 saturated carbocycles. The van der Waals surface area contributed by atoms with Crippen LogP contribution in [0, 0.1) is 13.8 Å². The number of ether oxygens (including phenoxy) is 1. The van der Waals surface area contributed by atoms with Crippen LogP contribution in [0.4, 0.5) is 0 Å². The first kappa shape index (κ1) is 13.4. The van der Waals surface area contributed by atoms with Crippen molar-refractivity contribution in [3.8, 4) is 5.75 Å². The summed E-state index contributed by atoms with van der Waals surface area (Å²) in [5, 5.41) is 13.0. The van der Waals surface area contributed by atoms with Crippen molar-refractivity contribution in [3.05, 3.63) is 29.3 Å². The molecule has 0 spiro atoms. The van der Waals surface area contributed by atoms with E-state index in [0.717, 1.165) is 16.9 Å². The van der Waals surface area contributed by atoms with Crippen molar-refractivity contribution in [2.24, 2.45) is 0 Å². The highest BCUT2D eigenvalue weighted by atomic mass is 16.5. The minimum atomic E-state index is -0.351. The van der Waals surface area contributed by atoms with E-state index in [1.54, 1.807) is 0 Å². The average Bonchev–Trinajstić information content (AvgIpc) is 3.12. The molecular weight excluding hydrogens is 226 g/mol. The fourth-order valence-corrected chi connectivity index (χ4v) is 2.11. The summed E-state index contributed by atoms with van der Waals surface area (Å²) in [4.78, 5) is 0. The van der Waals surface area contributed by atoms with Crippen LogP contribution in [-0.4, -0.2) is 29.9 Å². The first-order valence-electron chi connectivity index (χ1n) is 6.62. The molecule has 0 amide bonds. The Morgan fingerprint density at radius 1 is 1.33 bits per heavy atom. The van der Waals surface area contributed by atoms with Crippen LogP contribution < -0.4 is 10.1 Å². The Balaban J connectivity index is 2.00. The molecule has 3 heteroatoms. The molecule has 1 aromatic carbocycles. The van der Waals surface area contributed by atoms with Crippen LogP contribution in [0.15, 0.2) is 18.2 Å². The highest BCUT2D eigenvalue weighted by molar-refractivity contribution is 5.39. The fraction of sp³-hybridized carbons (Fsp3) is 0.600. The molecule has 0 bridgehead atoms. The number of aliphatic hydroxyl groups is 1. The Bertz CT molecular complexity index is 395. The highest BCUT2D eigenvalue weighted by Gasteiger charge is 2.32. The van der Waals surface area contributed by atoms with E-state index in [1.807, 2.05) is 39.0 Å². The van der Waals surface area contributed by atoms with Crippen molar-refractivity contribution in [2.45, 2.75) is 45.2 Å². The molecule has 0 aliphatic heterocycles. The Hall–Kier alpha value is -1.06. The molecule has 3 nitrogen and oxygen atoms in total. The summed E-state index contributed by atoms with van der Waals surface area (Å²) >= 11 is 0. The van der Waals surface area contributed by atoms with Gasteiger partial charge in [-0.25, -0.2) is 0 Å². The Kier molecular flexibility index (Phi) is 3.93. The third-order valence-corrected chi connectivity index (χ3v) is 3.42. The maximum atomic E-state index is 9.54.